The number of likely N-dealkylation sites (N-methyl/N-ethyl adjacent to an activating group) is 1. The lowest BCUT2D eigenvalue weighted by atomic mass is 10.1. The Morgan fingerprint density at radius 1 is 1.35 bits per heavy atom. The third kappa shape index (κ3) is 4.14. The summed E-state index contributed by atoms with van der Waals surface area (Å²) in [6, 6.07) is 6.84. The first-order valence-electron chi connectivity index (χ1n) is 7.14. The van der Waals surface area contributed by atoms with Crippen molar-refractivity contribution in [1.29, 1.82) is 0 Å². The van der Waals surface area contributed by atoms with Crippen LogP contribution >= 0.6 is 0 Å². The van der Waals surface area contributed by atoms with Gasteiger partial charge in [-0.15, -0.1) is 0 Å². The van der Waals surface area contributed by atoms with Crippen molar-refractivity contribution in [3.05, 3.63) is 29.8 Å². The zero-order chi connectivity index (χ0) is 17.2. The van der Waals surface area contributed by atoms with Crippen molar-refractivity contribution in [2.75, 3.05) is 25.0 Å². The smallest absolute Gasteiger partial charge is 0.335 e. The van der Waals surface area contributed by atoms with E-state index in [4.69, 9.17) is 0 Å². The molecular formula is C15H18F3N3O2. The zero-order valence-corrected chi connectivity index (χ0v) is 12.9. The van der Waals surface area contributed by atoms with Crippen LogP contribution in [-0.2, 0) is 11.2 Å². The summed E-state index contributed by atoms with van der Waals surface area (Å²) in [6.07, 6.45) is -3.76. The molecule has 1 atom stereocenters. The molecule has 1 aliphatic heterocycles. The van der Waals surface area contributed by atoms with Crippen LogP contribution in [0.15, 0.2) is 24.3 Å². The fraction of sp³-hybridized carbons (Fsp3) is 0.467. The largest absolute Gasteiger partial charge is 0.406 e. The van der Waals surface area contributed by atoms with Crippen LogP contribution in [0.25, 0.3) is 0 Å². The quantitative estimate of drug-likeness (QED) is 0.924. The lowest BCUT2D eigenvalue weighted by Crippen LogP contribution is -2.48. The number of hydrogen-bond donors (Lipinski definition) is 1. The highest BCUT2D eigenvalue weighted by Crippen LogP contribution is 2.31. The van der Waals surface area contributed by atoms with Gasteiger partial charge in [0, 0.05) is 18.8 Å². The molecule has 1 unspecified atom stereocenters. The Morgan fingerprint density at radius 3 is 2.65 bits per heavy atom. The normalized spacial score (nSPS) is 16.9. The summed E-state index contributed by atoms with van der Waals surface area (Å²) < 4.78 is 36.7. The van der Waals surface area contributed by atoms with Crippen molar-refractivity contribution in [2.24, 2.45) is 0 Å². The first kappa shape index (κ1) is 17.1. The molecule has 0 bridgehead atoms. The van der Waals surface area contributed by atoms with Crippen LogP contribution < -0.4 is 10.2 Å². The molecule has 0 spiro atoms. The third-order valence-corrected chi connectivity index (χ3v) is 3.66. The number of amides is 3. The van der Waals surface area contributed by atoms with Crippen LogP contribution in [0.1, 0.15) is 12.5 Å². The van der Waals surface area contributed by atoms with E-state index in [2.05, 4.69) is 5.32 Å². The Morgan fingerprint density at radius 2 is 2.00 bits per heavy atom. The Balaban J connectivity index is 1.94. The summed E-state index contributed by atoms with van der Waals surface area (Å²) in [5, 5.41) is 2.39. The molecular weight excluding hydrogens is 311 g/mol. The molecule has 8 heteroatoms. The van der Waals surface area contributed by atoms with Gasteiger partial charge < -0.3 is 10.2 Å². The molecule has 1 heterocycles. The molecule has 1 aliphatic rings. The van der Waals surface area contributed by atoms with Gasteiger partial charge in [0.1, 0.15) is 6.54 Å². The Bertz CT molecular complexity index is 604. The van der Waals surface area contributed by atoms with E-state index >= 15 is 0 Å². The second kappa shape index (κ2) is 6.47. The van der Waals surface area contributed by atoms with Gasteiger partial charge in [0.05, 0.1) is 6.54 Å². The molecule has 0 radical (unpaired) electrons. The minimum absolute atomic E-state index is 0.0737. The third-order valence-electron chi connectivity index (χ3n) is 3.66. The van der Waals surface area contributed by atoms with Gasteiger partial charge in [-0.05, 0) is 25.0 Å². The van der Waals surface area contributed by atoms with Crippen molar-refractivity contribution in [2.45, 2.75) is 25.6 Å². The van der Waals surface area contributed by atoms with Gasteiger partial charge >= 0.3 is 12.2 Å². The van der Waals surface area contributed by atoms with Crippen LogP contribution in [0.2, 0.25) is 0 Å². The lowest BCUT2D eigenvalue weighted by molar-refractivity contribution is -0.157. The van der Waals surface area contributed by atoms with Crippen LogP contribution in [0, 0.1) is 0 Å². The first-order valence-corrected chi connectivity index (χ1v) is 7.14. The van der Waals surface area contributed by atoms with E-state index in [0.29, 0.717) is 11.3 Å². The number of rotatable bonds is 3. The number of urea groups is 1. The SMILES string of the molecule is CC1Cc2ccccc2N1C(=O)NCC(=O)N(C)CC(F)(F)F. The average molecular weight is 329 g/mol. The van der Waals surface area contributed by atoms with E-state index in [9.17, 15) is 22.8 Å². The van der Waals surface area contributed by atoms with Crippen molar-refractivity contribution >= 4 is 17.6 Å². The van der Waals surface area contributed by atoms with Gasteiger partial charge in [0.25, 0.3) is 0 Å². The van der Waals surface area contributed by atoms with Gasteiger partial charge in [0.15, 0.2) is 0 Å². The molecule has 23 heavy (non-hydrogen) atoms. The maximum atomic E-state index is 12.3. The second-order valence-electron chi connectivity index (χ2n) is 5.58. The van der Waals surface area contributed by atoms with E-state index in [0.717, 1.165) is 18.3 Å². The van der Waals surface area contributed by atoms with E-state index in [1.165, 1.54) is 4.90 Å². The van der Waals surface area contributed by atoms with Gasteiger partial charge in [-0.3, -0.25) is 9.69 Å². The number of carbonyl (C=O) groups excluding carboxylic acids is 2. The Kier molecular flexibility index (Phi) is 4.82. The zero-order valence-electron chi connectivity index (χ0n) is 12.9. The molecule has 2 rings (SSSR count). The van der Waals surface area contributed by atoms with Crippen molar-refractivity contribution in [3.63, 3.8) is 0 Å². The molecule has 0 aromatic heterocycles. The molecule has 3 amide bonds. The highest BCUT2D eigenvalue weighted by molar-refractivity contribution is 5.96. The molecule has 1 N–H and O–H groups in total. The number of halogens is 3. The summed E-state index contributed by atoms with van der Waals surface area (Å²) in [5.41, 5.74) is 1.78. The molecule has 126 valence electrons. The fourth-order valence-electron chi connectivity index (χ4n) is 2.60. The minimum Gasteiger partial charge on any atom is -0.335 e. The Hall–Kier alpha value is -2.25. The van der Waals surface area contributed by atoms with E-state index in [1.54, 1.807) is 12.1 Å². The summed E-state index contributed by atoms with van der Waals surface area (Å²) in [6.45, 7) is 0.0542. The summed E-state index contributed by atoms with van der Waals surface area (Å²) >= 11 is 0. The molecule has 1 aromatic rings. The highest BCUT2D eigenvalue weighted by Gasteiger charge is 2.33. The Labute approximate surface area is 132 Å². The number of hydrogen-bond acceptors (Lipinski definition) is 2. The number of fused-ring (bicyclic) bond motifs is 1. The van der Waals surface area contributed by atoms with E-state index < -0.39 is 31.2 Å². The first-order chi connectivity index (χ1) is 10.7. The summed E-state index contributed by atoms with van der Waals surface area (Å²) in [5.74, 6) is -0.796. The number of para-hydroxylation sites is 1. The van der Waals surface area contributed by atoms with Gasteiger partial charge in [-0.25, -0.2) is 4.79 Å². The predicted molar refractivity (Wildman–Crippen MR) is 79.2 cm³/mol. The van der Waals surface area contributed by atoms with Crippen LogP contribution in [0.3, 0.4) is 0 Å². The molecule has 0 fully saturated rings. The van der Waals surface area contributed by atoms with Crippen LogP contribution in [0.4, 0.5) is 23.7 Å². The number of benzene rings is 1. The monoisotopic (exact) mass is 329 g/mol. The molecule has 0 saturated carbocycles. The molecule has 0 aliphatic carbocycles. The number of nitrogens with one attached hydrogen (secondary N) is 1. The van der Waals surface area contributed by atoms with Crippen LogP contribution in [0.5, 0.6) is 0 Å². The topological polar surface area (TPSA) is 52.7 Å². The summed E-state index contributed by atoms with van der Waals surface area (Å²) in [4.78, 5) is 26.0. The van der Waals surface area contributed by atoms with Gasteiger partial charge in [-0.2, -0.15) is 13.2 Å². The summed E-state index contributed by atoms with van der Waals surface area (Å²) in [7, 11) is 1.05. The van der Waals surface area contributed by atoms with Crippen molar-refractivity contribution < 1.29 is 22.8 Å². The van der Waals surface area contributed by atoms with Crippen molar-refractivity contribution in [1.82, 2.24) is 10.2 Å². The van der Waals surface area contributed by atoms with E-state index in [-0.39, 0.29) is 6.04 Å². The predicted octanol–water partition coefficient (Wildman–Crippen LogP) is 2.17. The molecule has 5 nitrogen and oxygen atoms in total. The van der Waals surface area contributed by atoms with E-state index in [1.807, 2.05) is 19.1 Å². The van der Waals surface area contributed by atoms with Gasteiger partial charge in [0.2, 0.25) is 5.91 Å². The second-order valence-corrected chi connectivity index (χ2v) is 5.58. The minimum atomic E-state index is -4.46. The standard InChI is InChI=1S/C15H18F3N3O2/c1-10-7-11-5-3-4-6-12(11)21(10)14(23)19-8-13(22)20(2)9-15(16,17)18/h3-6,10H,7-9H2,1-2H3,(H,19,23). The maximum absolute atomic E-state index is 12.3. The van der Waals surface area contributed by atoms with Gasteiger partial charge in [-0.1, -0.05) is 18.2 Å². The maximum Gasteiger partial charge on any atom is 0.406 e. The highest BCUT2D eigenvalue weighted by atomic mass is 19.4. The number of alkyl halides is 3. The lowest BCUT2D eigenvalue weighted by Gasteiger charge is -2.24. The number of nitrogens with zero attached hydrogens (tertiary/aromatic N) is 2. The van der Waals surface area contributed by atoms with Crippen LogP contribution in [-0.4, -0.2) is 49.2 Å². The van der Waals surface area contributed by atoms with Crippen molar-refractivity contribution in [3.8, 4) is 0 Å². The fourth-order valence-corrected chi connectivity index (χ4v) is 2.60. The number of carbonyl (C=O) groups is 2. The average Bonchev–Trinajstić information content (AvgIpc) is 2.78. The number of anilines is 1. The molecule has 1 aromatic carbocycles. The molecule has 0 saturated heterocycles.